The van der Waals surface area contributed by atoms with Crippen molar-refractivity contribution in [3.63, 3.8) is 0 Å². The van der Waals surface area contributed by atoms with Gasteiger partial charge in [0.2, 0.25) is 0 Å². The molecule has 1 nitrogen and oxygen atoms in total. The Labute approximate surface area is 56.9 Å². The Morgan fingerprint density at radius 3 is 1.00 bits per heavy atom. The summed E-state index contributed by atoms with van der Waals surface area (Å²) in [7, 11) is 0. The van der Waals surface area contributed by atoms with Gasteiger partial charge in [-0.15, -0.1) is 0 Å². The third-order valence-corrected chi connectivity index (χ3v) is 0. The Morgan fingerprint density at radius 1 is 1.00 bits per heavy atom. The molecule has 0 saturated heterocycles. The van der Waals surface area contributed by atoms with Gasteiger partial charge in [0.25, 0.3) is 0 Å². The second-order valence-electron chi connectivity index (χ2n) is 0. The van der Waals surface area contributed by atoms with Crippen molar-refractivity contribution in [3.05, 3.63) is 0 Å². The van der Waals surface area contributed by atoms with Gasteiger partial charge in [-0.25, -0.2) is 0 Å². The zero-order valence-electron chi connectivity index (χ0n) is 1.50. The van der Waals surface area contributed by atoms with Gasteiger partial charge in [-0.1, -0.05) is 0 Å². The molecule has 0 unspecified atom stereocenters. The van der Waals surface area contributed by atoms with Crippen molar-refractivity contribution >= 4 is 0 Å². The van der Waals surface area contributed by atoms with Crippen LogP contribution in [0.2, 0.25) is 0 Å². The molecule has 0 amide bonds. The van der Waals surface area contributed by atoms with Crippen molar-refractivity contribution in [1.82, 2.24) is 0 Å². The largest absolute Gasteiger partial charge is 3.00 e. The van der Waals surface area contributed by atoms with Gasteiger partial charge in [0, 0.05) is 0 Å². The maximum Gasteiger partial charge on any atom is 3.00 e. The molecule has 4 heteroatoms. The molecule has 0 spiro atoms. The number of rotatable bonds is 0. The summed E-state index contributed by atoms with van der Waals surface area (Å²) >= 11 is 0. The molecule has 0 aromatic rings. The Bertz CT molecular complexity index is 8.00. The Hall–Kier alpha value is 1.53. The predicted molar refractivity (Wildman–Crippen MR) is 0.686 cm³/mol. The summed E-state index contributed by atoms with van der Waals surface area (Å²) in [4.78, 5) is 0. The zero-order chi connectivity index (χ0) is 0. The third-order valence-electron chi connectivity index (χ3n) is 0. The standard InChI is InChI=1S/Cr.Cu.Mn.O/q+3;2*+2;-2. The molecule has 0 aliphatic heterocycles. The summed E-state index contributed by atoms with van der Waals surface area (Å²) in [6.45, 7) is 0. The van der Waals surface area contributed by atoms with Crippen LogP contribution in [0, 0.1) is 0 Å². The molecule has 0 aromatic heterocycles. The van der Waals surface area contributed by atoms with Crippen LogP contribution >= 0.6 is 0 Å². The molecule has 0 aliphatic rings. The molecule has 4 heavy (non-hydrogen) atoms. The molecule has 0 atom stereocenters. The topological polar surface area (TPSA) is 28.5 Å². The summed E-state index contributed by atoms with van der Waals surface area (Å²) in [5, 5.41) is 0. The van der Waals surface area contributed by atoms with Crippen molar-refractivity contribution in [2.75, 3.05) is 0 Å². The SMILES string of the molecule is [Cr+3].[Cu+2].[Mn+2].[O-2]. The van der Waals surface area contributed by atoms with E-state index in [0.717, 1.165) is 0 Å². The van der Waals surface area contributed by atoms with E-state index in [-0.39, 0.29) is 57.0 Å². The fourth-order valence-electron chi connectivity index (χ4n) is 0. The van der Waals surface area contributed by atoms with Crippen LogP contribution in [-0.2, 0) is 57.0 Å². The third kappa shape index (κ3) is 9.65. The molecule has 0 saturated carbocycles. The van der Waals surface area contributed by atoms with E-state index in [1.54, 1.807) is 0 Å². The minimum Gasteiger partial charge on any atom is -2.00 e. The monoisotopic (exact) mass is 186 g/mol. The summed E-state index contributed by atoms with van der Waals surface area (Å²) in [5.74, 6) is 0. The van der Waals surface area contributed by atoms with Gasteiger partial charge >= 0.3 is 51.5 Å². The maximum atomic E-state index is 0. The first-order chi connectivity index (χ1) is 0. The van der Waals surface area contributed by atoms with Gasteiger partial charge in [0.15, 0.2) is 0 Å². The van der Waals surface area contributed by atoms with E-state index in [1.165, 1.54) is 0 Å². The molecule has 3 radical (unpaired) electrons. The molecule has 0 heterocycles. The van der Waals surface area contributed by atoms with Gasteiger partial charge in [0.1, 0.15) is 0 Å². The quantitative estimate of drug-likeness (QED) is 0.472. The van der Waals surface area contributed by atoms with Crippen LogP contribution in [0.25, 0.3) is 0 Å². The molecule has 0 aliphatic carbocycles. The van der Waals surface area contributed by atoms with Crippen molar-refractivity contribution in [2.45, 2.75) is 0 Å². The second kappa shape index (κ2) is 24.1. The van der Waals surface area contributed by atoms with E-state index in [0.29, 0.717) is 0 Å². The fourth-order valence-corrected chi connectivity index (χ4v) is 0. The fraction of sp³-hybridized carbons (Fsp3) is 0. The van der Waals surface area contributed by atoms with E-state index in [2.05, 4.69) is 0 Å². The van der Waals surface area contributed by atoms with Crippen LogP contribution in [-0.4, -0.2) is 0 Å². The normalized spacial score (nSPS) is 0. The maximum absolute atomic E-state index is 0. The molecule has 0 fully saturated rings. The zero-order valence-corrected chi connectivity index (χ0v) is 4.89. The van der Waals surface area contributed by atoms with E-state index < -0.39 is 0 Å². The van der Waals surface area contributed by atoms with E-state index in [4.69, 9.17) is 0 Å². The van der Waals surface area contributed by atoms with E-state index in [9.17, 15) is 0 Å². The van der Waals surface area contributed by atoms with Crippen molar-refractivity contribution in [1.29, 1.82) is 0 Å². The molecule has 0 bridgehead atoms. The molecule has 25 valence electrons. The van der Waals surface area contributed by atoms with Crippen LogP contribution in [0.1, 0.15) is 0 Å². The van der Waals surface area contributed by atoms with Crippen molar-refractivity contribution in [2.24, 2.45) is 0 Å². The Kier molecular flexibility index (Phi) is 292. The number of hydrogen-bond acceptors (Lipinski definition) is 0. The first-order valence-electron chi connectivity index (χ1n) is 0. The van der Waals surface area contributed by atoms with Crippen LogP contribution < -0.4 is 0 Å². The van der Waals surface area contributed by atoms with Gasteiger partial charge in [-0.05, 0) is 0 Å². The van der Waals surface area contributed by atoms with Crippen molar-refractivity contribution < 1.29 is 57.0 Å². The van der Waals surface area contributed by atoms with E-state index in [1.807, 2.05) is 0 Å². The average molecular weight is 186 g/mol. The van der Waals surface area contributed by atoms with Crippen LogP contribution in [0.4, 0.5) is 0 Å². The van der Waals surface area contributed by atoms with Crippen LogP contribution in [0.15, 0.2) is 0 Å². The summed E-state index contributed by atoms with van der Waals surface area (Å²) in [6, 6.07) is 0. The van der Waals surface area contributed by atoms with Crippen LogP contribution in [0.3, 0.4) is 0 Å². The summed E-state index contributed by atoms with van der Waals surface area (Å²) < 4.78 is 0. The molecule has 0 aromatic carbocycles. The minimum absolute atomic E-state index is 0. The van der Waals surface area contributed by atoms with Gasteiger partial charge in [0.05, 0.1) is 0 Å². The second-order valence-corrected chi connectivity index (χ2v) is 0. The number of hydrogen-bond donors (Lipinski definition) is 0. The van der Waals surface area contributed by atoms with Crippen molar-refractivity contribution in [3.8, 4) is 0 Å². The van der Waals surface area contributed by atoms with Gasteiger partial charge in [-0.3, -0.25) is 0 Å². The van der Waals surface area contributed by atoms with Crippen LogP contribution in [0.5, 0.6) is 0 Å². The first-order valence-corrected chi connectivity index (χ1v) is 0. The molecular formula is CrCuMnO+5. The molecular weight excluding hydrogens is 186 g/mol. The predicted octanol–water partition coefficient (Wildman–Crippen LogP) is -0.126. The smallest absolute Gasteiger partial charge is 2.00 e. The Morgan fingerprint density at radius 2 is 1.00 bits per heavy atom. The Balaban J connectivity index is 0. The van der Waals surface area contributed by atoms with E-state index >= 15 is 0 Å². The minimum atomic E-state index is 0. The summed E-state index contributed by atoms with van der Waals surface area (Å²) in [6.07, 6.45) is 0. The summed E-state index contributed by atoms with van der Waals surface area (Å²) in [5.41, 5.74) is 0. The van der Waals surface area contributed by atoms with Gasteiger partial charge < -0.3 is 5.48 Å². The first kappa shape index (κ1) is 48.4. The molecule has 0 N–H and O–H groups in total. The average Bonchev–Trinajstić information content (AvgIpc) is 0. The molecule has 0 rings (SSSR count). The van der Waals surface area contributed by atoms with Gasteiger partial charge in [-0.2, -0.15) is 0 Å².